The van der Waals surface area contributed by atoms with Crippen LogP contribution in [0.4, 0.5) is 0 Å². The molecule has 0 aliphatic heterocycles. The van der Waals surface area contributed by atoms with E-state index in [0.717, 1.165) is 28.9 Å². The highest BCUT2D eigenvalue weighted by atomic mass is 14.7. The summed E-state index contributed by atoms with van der Waals surface area (Å²) in [4.78, 5) is 5.45. The minimum atomic E-state index is -0.0212. The highest BCUT2D eigenvalue weighted by Gasteiger charge is 2.35. The van der Waals surface area contributed by atoms with Gasteiger partial charge in [0, 0.05) is 16.5 Å². The molecule has 0 saturated heterocycles. The summed E-state index contributed by atoms with van der Waals surface area (Å²) >= 11 is 0. The minimum absolute atomic E-state index is 0.0212. The van der Waals surface area contributed by atoms with Crippen molar-refractivity contribution >= 4 is 32.3 Å². The van der Waals surface area contributed by atoms with Crippen molar-refractivity contribution < 1.29 is 0 Å². The molecule has 0 N–H and O–H groups in total. The molecule has 1 heteroatoms. The summed E-state index contributed by atoms with van der Waals surface area (Å²) in [5.74, 6) is 0. The van der Waals surface area contributed by atoms with E-state index in [1.165, 1.54) is 82.4 Å². The van der Waals surface area contributed by atoms with Crippen molar-refractivity contribution in [2.75, 3.05) is 0 Å². The van der Waals surface area contributed by atoms with Crippen molar-refractivity contribution in [3.8, 4) is 55.9 Å². The summed E-state index contributed by atoms with van der Waals surface area (Å²) in [6.07, 6.45) is 0.893. The van der Waals surface area contributed by atoms with Gasteiger partial charge in [-0.3, -0.25) is 0 Å². The van der Waals surface area contributed by atoms with Crippen LogP contribution in [-0.2, 0) is 11.8 Å². The van der Waals surface area contributed by atoms with E-state index >= 15 is 0 Å². The first-order chi connectivity index (χ1) is 26.0. The first-order valence-corrected chi connectivity index (χ1v) is 18.8. The molecule has 252 valence electrons. The molecule has 10 rings (SSSR count). The molecular formula is C52H39N. The van der Waals surface area contributed by atoms with Crippen LogP contribution in [0.25, 0.3) is 88.2 Å². The predicted molar refractivity (Wildman–Crippen MR) is 225 cm³/mol. The monoisotopic (exact) mass is 677 g/mol. The van der Waals surface area contributed by atoms with Crippen LogP contribution >= 0.6 is 0 Å². The Labute approximate surface area is 311 Å². The van der Waals surface area contributed by atoms with Gasteiger partial charge in [-0.05, 0) is 107 Å². The third-order valence-electron chi connectivity index (χ3n) is 11.7. The Morgan fingerprint density at radius 3 is 1.79 bits per heavy atom. The number of rotatable bonds is 5. The van der Waals surface area contributed by atoms with Crippen LogP contribution in [-0.4, -0.2) is 4.98 Å². The lowest BCUT2D eigenvalue weighted by Gasteiger charge is -2.21. The molecule has 1 heterocycles. The Kier molecular flexibility index (Phi) is 7.20. The Morgan fingerprint density at radius 1 is 0.415 bits per heavy atom. The molecule has 0 spiro atoms. The normalized spacial score (nSPS) is 13.0. The smallest absolute Gasteiger partial charge is 0.0747 e. The predicted octanol–water partition coefficient (Wildman–Crippen LogP) is 14.1. The van der Waals surface area contributed by atoms with Crippen molar-refractivity contribution in [1.29, 1.82) is 0 Å². The van der Waals surface area contributed by atoms with Crippen LogP contribution in [0, 0.1) is 0 Å². The third-order valence-corrected chi connectivity index (χ3v) is 11.7. The van der Waals surface area contributed by atoms with E-state index in [0.29, 0.717) is 0 Å². The molecule has 0 atom stereocenters. The highest BCUT2D eigenvalue weighted by Crippen LogP contribution is 2.50. The fourth-order valence-electron chi connectivity index (χ4n) is 9.08. The van der Waals surface area contributed by atoms with Crippen LogP contribution < -0.4 is 0 Å². The summed E-state index contributed by atoms with van der Waals surface area (Å²) in [5, 5.41) is 7.61. The molecule has 9 aromatic rings. The van der Waals surface area contributed by atoms with E-state index in [2.05, 4.69) is 191 Å². The van der Waals surface area contributed by atoms with Crippen molar-refractivity contribution in [2.45, 2.75) is 32.6 Å². The van der Waals surface area contributed by atoms with E-state index in [1.807, 2.05) is 0 Å². The van der Waals surface area contributed by atoms with Crippen molar-refractivity contribution in [3.05, 3.63) is 187 Å². The summed E-state index contributed by atoms with van der Waals surface area (Å²) in [6.45, 7) is 6.94. The van der Waals surface area contributed by atoms with Gasteiger partial charge in [-0.2, -0.15) is 0 Å². The van der Waals surface area contributed by atoms with Gasteiger partial charge in [0.05, 0.1) is 11.4 Å². The standard InChI is InChI=1S/C52H39N/c1-4-37-44(33-16-7-5-8-17-33)32-49(53-51(37)34-18-9-6-10-19-34)36-26-28-43-45(31-36)40-21-12-11-20-39(40)42-24-15-23-38(50(42)43)35-27-29-48-46(30-35)41-22-13-14-25-47(41)52(48,2)3/h5-32H,4H2,1-3H3. The van der Waals surface area contributed by atoms with Crippen LogP contribution in [0.5, 0.6) is 0 Å². The average molecular weight is 678 g/mol. The van der Waals surface area contributed by atoms with Gasteiger partial charge in [-0.1, -0.05) is 172 Å². The van der Waals surface area contributed by atoms with E-state index in [1.54, 1.807) is 0 Å². The maximum Gasteiger partial charge on any atom is 0.0747 e. The number of fused-ring (bicyclic) bond motifs is 9. The van der Waals surface area contributed by atoms with Crippen LogP contribution in [0.15, 0.2) is 170 Å². The number of hydrogen-bond donors (Lipinski definition) is 0. The number of benzene rings is 8. The van der Waals surface area contributed by atoms with Gasteiger partial charge in [-0.25, -0.2) is 4.98 Å². The van der Waals surface area contributed by atoms with Crippen LogP contribution in [0.1, 0.15) is 37.5 Å². The molecule has 8 aromatic carbocycles. The fourth-order valence-corrected chi connectivity index (χ4v) is 9.08. The van der Waals surface area contributed by atoms with Gasteiger partial charge in [0.15, 0.2) is 0 Å². The van der Waals surface area contributed by atoms with E-state index < -0.39 is 0 Å². The summed E-state index contributed by atoms with van der Waals surface area (Å²) < 4.78 is 0. The van der Waals surface area contributed by atoms with Gasteiger partial charge < -0.3 is 0 Å². The number of aromatic nitrogens is 1. The Hall–Kier alpha value is -6.31. The number of pyridine rings is 1. The first-order valence-electron chi connectivity index (χ1n) is 18.8. The summed E-state index contributed by atoms with van der Waals surface area (Å²) in [6, 6.07) is 62.5. The van der Waals surface area contributed by atoms with Crippen molar-refractivity contribution in [2.24, 2.45) is 0 Å². The second kappa shape index (κ2) is 12.1. The van der Waals surface area contributed by atoms with E-state index in [9.17, 15) is 0 Å². The molecule has 0 radical (unpaired) electrons. The van der Waals surface area contributed by atoms with Crippen LogP contribution in [0.2, 0.25) is 0 Å². The maximum atomic E-state index is 5.45. The highest BCUT2D eigenvalue weighted by molar-refractivity contribution is 6.28. The number of hydrogen-bond acceptors (Lipinski definition) is 1. The SMILES string of the molecule is CCc1c(-c2ccccc2)cc(-c2ccc3c(c2)c2ccccc2c2cccc(-c4ccc5c(c4)-c4ccccc4C5(C)C)c23)nc1-c1ccccc1. The van der Waals surface area contributed by atoms with Gasteiger partial charge in [0.25, 0.3) is 0 Å². The second-order valence-corrected chi connectivity index (χ2v) is 14.9. The lowest BCUT2D eigenvalue weighted by Crippen LogP contribution is -2.14. The molecular weight excluding hydrogens is 639 g/mol. The average Bonchev–Trinajstić information content (AvgIpc) is 3.46. The Bertz CT molecular complexity index is 2820. The van der Waals surface area contributed by atoms with E-state index in [4.69, 9.17) is 4.98 Å². The van der Waals surface area contributed by atoms with Crippen molar-refractivity contribution in [3.63, 3.8) is 0 Å². The molecule has 1 aliphatic carbocycles. The zero-order valence-corrected chi connectivity index (χ0v) is 30.3. The molecule has 1 nitrogen and oxygen atoms in total. The molecule has 53 heavy (non-hydrogen) atoms. The molecule has 1 aromatic heterocycles. The quantitative estimate of drug-likeness (QED) is 0.165. The van der Waals surface area contributed by atoms with Gasteiger partial charge in [0.1, 0.15) is 0 Å². The lowest BCUT2D eigenvalue weighted by atomic mass is 9.82. The summed E-state index contributed by atoms with van der Waals surface area (Å²) in [7, 11) is 0. The molecule has 0 amide bonds. The molecule has 0 fully saturated rings. The minimum Gasteiger partial charge on any atom is -0.247 e. The van der Waals surface area contributed by atoms with Gasteiger partial charge >= 0.3 is 0 Å². The number of nitrogens with zero attached hydrogens (tertiary/aromatic N) is 1. The zero-order valence-electron chi connectivity index (χ0n) is 30.3. The maximum absolute atomic E-state index is 5.45. The molecule has 1 aliphatic rings. The van der Waals surface area contributed by atoms with Gasteiger partial charge in [0.2, 0.25) is 0 Å². The molecule has 0 saturated carbocycles. The molecule has 0 bridgehead atoms. The zero-order chi connectivity index (χ0) is 35.7. The first kappa shape index (κ1) is 31.4. The van der Waals surface area contributed by atoms with E-state index in [-0.39, 0.29) is 5.41 Å². The van der Waals surface area contributed by atoms with Crippen molar-refractivity contribution in [1.82, 2.24) is 4.98 Å². The largest absolute Gasteiger partial charge is 0.247 e. The Morgan fingerprint density at radius 2 is 1.02 bits per heavy atom. The van der Waals surface area contributed by atoms with Crippen LogP contribution in [0.3, 0.4) is 0 Å². The lowest BCUT2D eigenvalue weighted by molar-refractivity contribution is 0.660. The van der Waals surface area contributed by atoms with Gasteiger partial charge in [-0.15, -0.1) is 0 Å². The third kappa shape index (κ3) is 4.88. The summed E-state index contributed by atoms with van der Waals surface area (Å²) in [5.41, 5.74) is 16.0. The molecule has 0 unspecified atom stereocenters. The topological polar surface area (TPSA) is 12.9 Å². The fraction of sp³-hybridized carbons (Fsp3) is 0.0962. The second-order valence-electron chi connectivity index (χ2n) is 14.9. The Balaban J connectivity index is 1.23.